The van der Waals surface area contributed by atoms with E-state index < -0.39 is 0 Å². The second-order valence-corrected chi connectivity index (χ2v) is 7.15. The van der Waals surface area contributed by atoms with Crippen molar-refractivity contribution >= 4 is 24.1 Å². The number of methoxy groups -OCH3 is 1. The summed E-state index contributed by atoms with van der Waals surface area (Å²) in [6, 6.07) is 7.30. The van der Waals surface area contributed by atoms with Gasteiger partial charge in [-0.05, 0) is 69.0 Å². The zero-order chi connectivity index (χ0) is 17.6. The van der Waals surface area contributed by atoms with Crippen molar-refractivity contribution in [3.63, 3.8) is 0 Å². The monoisotopic (exact) mass is 380 g/mol. The molecule has 3 rings (SSSR count). The van der Waals surface area contributed by atoms with Crippen LogP contribution in [-0.2, 0) is 4.79 Å². The number of likely N-dealkylation sites (tertiary alicyclic amines) is 1. The number of hydrogen-bond acceptors (Lipinski definition) is 4. The molecule has 0 saturated carbocycles. The number of benzene rings is 1. The number of ketones is 1. The van der Waals surface area contributed by atoms with Crippen LogP contribution in [0, 0.1) is 11.8 Å². The predicted molar refractivity (Wildman–Crippen MR) is 104 cm³/mol. The fourth-order valence-electron chi connectivity index (χ4n) is 3.83. The molecule has 6 heteroatoms. The Hall–Kier alpha value is -1.59. The Bertz CT molecular complexity index is 592. The Morgan fingerprint density at radius 1 is 1.15 bits per heavy atom. The highest BCUT2D eigenvalue weighted by molar-refractivity contribution is 5.98. The van der Waals surface area contributed by atoms with E-state index >= 15 is 0 Å². The third kappa shape index (κ3) is 5.21. The summed E-state index contributed by atoms with van der Waals surface area (Å²) in [5, 5.41) is 3.35. The lowest BCUT2D eigenvalue weighted by molar-refractivity contribution is -0.132. The first-order valence-electron chi connectivity index (χ1n) is 9.34. The molecular formula is C20H29ClN2O3. The van der Waals surface area contributed by atoms with Gasteiger partial charge in [-0.15, -0.1) is 12.4 Å². The molecule has 1 atom stereocenters. The first-order valence-corrected chi connectivity index (χ1v) is 9.34. The third-order valence-corrected chi connectivity index (χ3v) is 5.52. The summed E-state index contributed by atoms with van der Waals surface area (Å²) in [5.74, 6) is 1.87. The number of hydrogen-bond donors (Lipinski definition) is 1. The van der Waals surface area contributed by atoms with E-state index in [0.29, 0.717) is 25.4 Å². The smallest absolute Gasteiger partial charge is 0.222 e. The molecular weight excluding hydrogens is 352 g/mol. The maximum atomic E-state index is 12.6. The van der Waals surface area contributed by atoms with Crippen molar-refractivity contribution in [2.75, 3.05) is 33.3 Å². The molecule has 5 nitrogen and oxygen atoms in total. The average molecular weight is 381 g/mol. The van der Waals surface area contributed by atoms with Crippen molar-refractivity contribution in [3.05, 3.63) is 29.8 Å². The number of rotatable bonds is 6. The van der Waals surface area contributed by atoms with Crippen molar-refractivity contribution in [2.24, 2.45) is 11.8 Å². The second kappa shape index (κ2) is 9.93. The van der Waals surface area contributed by atoms with E-state index in [9.17, 15) is 9.59 Å². The van der Waals surface area contributed by atoms with Crippen LogP contribution in [0.1, 0.15) is 42.5 Å². The van der Waals surface area contributed by atoms with Gasteiger partial charge in [0, 0.05) is 31.0 Å². The molecule has 0 aliphatic carbocycles. The van der Waals surface area contributed by atoms with Gasteiger partial charge < -0.3 is 15.0 Å². The molecule has 2 fully saturated rings. The van der Waals surface area contributed by atoms with Crippen molar-refractivity contribution in [3.8, 4) is 5.75 Å². The summed E-state index contributed by atoms with van der Waals surface area (Å²) in [6.45, 7) is 3.53. The molecule has 1 N–H and O–H groups in total. The minimum Gasteiger partial charge on any atom is -0.497 e. The van der Waals surface area contributed by atoms with E-state index in [1.165, 1.54) is 6.42 Å². The summed E-state index contributed by atoms with van der Waals surface area (Å²) < 4.78 is 5.14. The minimum atomic E-state index is 0. The standard InChI is InChI=1S/C20H28N2O3.ClH/c1-25-18-5-3-16(4-6-18)20(24)17-9-12-22(13-10-17)19(23)7-2-15-8-11-21-14-15;/h3-6,15,17,21H,2,7-14H2,1H3;1H. The molecule has 0 aromatic heterocycles. The number of nitrogens with zero attached hydrogens (tertiary/aromatic N) is 1. The van der Waals surface area contributed by atoms with E-state index in [-0.39, 0.29) is 30.0 Å². The Balaban J connectivity index is 0.00000243. The lowest BCUT2D eigenvalue weighted by Gasteiger charge is -2.31. The average Bonchev–Trinajstić information content (AvgIpc) is 3.19. The highest BCUT2D eigenvalue weighted by atomic mass is 35.5. The maximum absolute atomic E-state index is 12.6. The van der Waals surface area contributed by atoms with Gasteiger partial charge in [0.1, 0.15) is 5.75 Å². The van der Waals surface area contributed by atoms with Crippen molar-refractivity contribution < 1.29 is 14.3 Å². The quantitative estimate of drug-likeness (QED) is 0.771. The minimum absolute atomic E-state index is 0. The van der Waals surface area contributed by atoms with Crippen LogP contribution < -0.4 is 10.1 Å². The third-order valence-electron chi connectivity index (χ3n) is 5.52. The number of Topliss-reactive ketones (excluding diaryl/α,β-unsaturated/α-hetero) is 1. The van der Waals surface area contributed by atoms with Crippen LogP contribution in [0.15, 0.2) is 24.3 Å². The topological polar surface area (TPSA) is 58.6 Å². The van der Waals surface area contributed by atoms with Crippen LogP contribution in [0.4, 0.5) is 0 Å². The van der Waals surface area contributed by atoms with Gasteiger partial charge in [-0.25, -0.2) is 0 Å². The molecule has 1 amide bonds. The van der Waals surface area contributed by atoms with Crippen LogP contribution in [0.25, 0.3) is 0 Å². The van der Waals surface area contributed by atoms with Crippen molar-refractivity contribution in [2.45, 2.75) is 32.1 Å². The maximum Gasteiger partial charge on any atom is 0.222 e. The lowest BCUT2D eigenvalue weighted by Crippen LogP contribution is -2.40. The number of carbonyl (C=O) groups is 2. The van der Waals surface area contributed by atoms with Crippen molar-refractivity contribution in [1.82, 2.24) is 10.2 Å². The molecule has 0 bridgehead atoms. The number of amides is 1. The van der Waals surface area contributed by atoms with Gasteiger partial charge in [-0.2, -0.15) is 0 Å². The fourth-order valence-corrected chi connectivity index (χ4v) is 3.83. The van der Waals surface area contributed by atoms with E-state index in [2.05, 4.69) is 5.32 Å². The highest BCUT2D eigenvalue weighted by Crippen LogP contribution is 2.24. The summed E-state index contributed by atoms with van der Waals surface area (Å²) in [7, 11) is 1.62. The molecule has 1 unspecified atom stereocenters. The lowest BCUT2D eigenvalue weighted by atomic mass is 9.88. The molecule has 26 heavy (non-hydrogen) atoms. The van der Waals surface area contributed by atoms with Crippen LogP contribution in [0.2, 0.25) is 0 Å². The summed E-state index contributed by atoms with van der Waals surface area (Å²) >= 11 is 0. The molecule has 2 saturated heterocycles. The molecule has 0 spiro atoms. The Morgan fingerprint density at radius 3 is 2.42 bits per heavy atom. The highest BCUT2D eigenvalue weighted by Gasteiger charge is 2.28. The van der Waals surface area contributed by atoms with Gasteiger partial charge in [0.15, 0.2) is 5.78 Å². The van der Waals surface area contributed by atoms with Crippen LogP contribution in [-0.4, -0.2) is 49.9 Å². The molecule has 1 aromatic carbocycles. The number of piperidine rings is 1. The van der Waals surface area contributed by atoms with E-state index in [1.807, 2.05) is 29.2 Å². The van der Waals surface area contributed by atoms with Crippen LogP contribution in [0.3, 0.4) is 0 Å². The normalized spacial score (nSPS) is 20.5. The number of halogens is 1. The largest absolute Gasteiger partial charge is 0.497 e. The Morgan fingerprint density at radius 2 is 1.85 bits per heavy atom. The summed E-state index contributed by atoms with van der Waals surface area (Å²) in [4.78, 5) is 26.9. The second-order valence-electron chi connectivity index (χ2n) is 7.15. The van der Waals surface area contributed by atoms with Crippen molar-refractivity contribution in [1.29, 1.82) is 0 Å². The zero-order valence-electron chi connectivity index (χ0n) is 15.4. The number of nitrogens with one attached hydrogen (secondary N) is 1. The van der Waals surface area contributed by atoms with Gasteiger partial charge in [-0.3, -0.25) is 9.59 Å². The molecule has 0 radical (unpaired) electrons. The van der Waals surface area contributed by atoms with E-state index in [1.54, 1.807) is 7.11 Å². The van der Waals surface area contributed by atoms with Crippen LogP contribution in [0.5, 0.6) is 5.75 Å². The SMILES string of the molecule is COc1ccc(C(=O)C2CCN(C(=O)CCC3CCNC3)CC2)cc1.Cl. The van der Waals surface area contributed by atoms with E-state index in [0.717, 1.165) is 43.7 Å². The molecule has 1 aromatic rings. The fraction of sp³-hybridized carbons (Fsp3) is 0.600. The van der Waals surface area contributed by atoms with Gasteiger partial charge in [0.25, 0.3) is 0 Å². The first kappa shape index (κ1) is 20.7. The molecule has 2 heterocycles. The van der Waals surface area contributed by atoms with Gasteiger partial charge in [0.2, 0.25) is 5.91 Å². The predicted octanol–water partition coefficient (Wildman–Crippen LogP) is 2.93. The van der Waals surface area contributed by atoms with Crippen LogP contribution >= 0.6 is 12.4 Å². The summed E-state index contributed by atoms with van der Waals surface area (Å²) in [5.41, 5.74) is 0.735. The van der Waals surface area contributed by atoms with Gasteiger partial charge in [0.05, 0.1) is 7.11 Å². The zero-order valence-corrected chi connectivity index (χ0v) is 16.2. The van der Waals surface area contributed by atoms with Gasteiger partial charge >= 0.3 is 0 Å². The Labute approximate surface area is 161 Å². The van der Waals surface area contributed by atoms with Gasteiger partial charge in [-0.1, -0.05) is 0 Å². The number of carbonyl (C=O) groups excluding carboxylic acids is 2. The summed E-state index contributed by atoms with van der Waals surface area (Å²) in [6.07, 6.45) is 4.34. The molecule has 2 aliphatic rings. The number of ether oxygens (including phenoxy) is 1. The molecule has 144 valence electrons. The Kier molecular flexibility index (Phi) is 7.91. The first-order chi connectivity index (χ1) is 12.2. The van der Waals surface area contributed by atoms with E-state index in [4.69, 9.17) is 4.74 Å². The molecule has 2 aliphatic heterocycles.